The number of aliphatic hydroxyl groups is 1. The van der Waals surface area contributed by atoms with Gasteiger partial charge in [0.25, 0.3) is 5.91 Å². The highest BCUT2D eigenvalue weighted by Crippen LogP contribution is 2.35. The van der Waals surface area contributed by atoms with E-state index in [-0.39, 0.29) is 31.8 Å². The number of aliphatic carboxylic acids is 1. The molecule has 1 saturated carbocycles. The third-order valence-electron chi connectivity index (χ3n) is 6.02. The molecule has 1 aliphatic heterocycles. The zero-order valence-corrected chi connectivity index (χ0v) is 15.8. The second kappa shape index (κ2) is 7.39. The first-order valence-electron chi connectivity index (χ1n) is 9.87. The van der Waals surface area contributed by atoms with Gasteiger partial charge in [-0.3, -0.25) is 9.48 Å². The average Bonchev–Trinajstić information content (AvgIpc) is 3.38. The number of nitrogens with zero attached hydrogens (tertiary/aromatic N) is 3. The summed E-state index contributed by atoms with van der Waals surface area (Å²) in [5, 5.41) is 23.9. The van der Waals surface area contributed by atoms with Gasteiger partial charge >= 0.3 is 5.97 Å². The van der Waals surface area contributed by atoms with Gasteiger partial charge in [-0.1, -0.05) is 43.2 Å². The molecule has 1 aromatic heterocycles. The smallest absolute Gasteiger partial charge is 0.335 e. The second-order valence-corrected chi connectivity index (χ2v) is 7.78. The number of hydrogen-bond acceptors (Lipinski definition) is 4. The lowest BCUT2D eigenvalue weighted by molar-refractivity contribution is -0.162. The van der Waals surface area contributed by atoms with Crippen LogP contribution in [0, 0.1) is 0 Å². The van der Waals surface area contributed by atoms with Crippen molar-refractivity contribution < 1.29 is 19.8 Å². The summed E-state index contributed by atoms with van der Waals surface area (Å²) < 4.78 is 1.99. The predicted octanol–water partition coefficient (Wildman–Crippen LogP) is 2.72. The zero-order chi connectivity index (χ0) is 19.7. The maximum atomic E-state index is 13.2. The SMILES string of the molecule is O=C(c1cnn(C2CCCC2)c1-c1ccccc1)N1CCC(O)(C(=O)O)CC1. The van der Waals surface area contributed by atoms with Crippen molar-refractivity contribution in [2.45, 2.75) is 50.2 Å². The van der Waals surface area contributed by atoms with Gasteiger partial charge in [0, 0.05) is 31.5 Å². The molecule has 7 nitrogen and oxygen atoms in total. The van der Waals surface area contributed by atoms with Crippen molar-refractivity contribution >= 4 is 11.9 Å². The van der Waals surface area contributed by atoms with E-state index in [1.807, 2.05) is 35.0 Å². The quantitative estimate of drug-likeness (QED) is 0.846. The lowest BCUT2D eigenvalue weighted by Crippen LogP contribution is -2.50. The molecule has 2 fully saturated rings. The predicted molar refractivity (Wildman–Crippen MR) is 103 cm³/mol. The van der Waals surface area contributed by atoms with Crippen LogP contribution in [0.3, 0.4) is 0 Å². The molecule has 2 N–H and O–H groups in total. The standard InChI is InChI=1S/C21H25N3O4/c25-19(23-12-10-21(28,11-13-23)20(26)27)17-14-22-24(16-8-4-5-9-16)18(17)15-6-2-1-3-7-15/h1-3,6-7,14,16,28H,4-5,8-13H2,(H,26,27). The summed E-state index contributed by atoms with van der Waals surface area (Å²) in [6, 6.07) is 10.1. The van der Waals surface area contributed by atoms with Crippen LogP contribution in [0.2, 0.25) is 0 Å². The van der Waals surface area contributed by atoms with E-state index in [2.05, 4.69) is 5.10 Å². The van der Waals surface area contributed by atoms with Crippen LogP contribution >= 0.6 is 0 Å². The van der Waals surface area contributed by atoms with Gasteiger partial charge in [0.15, 0.2) is 5.60 Å². The molecule has 7 heteroatoms. The molecule has 0 spiro atoms. The van der Waals surface area contributed by atoms with E-state index in [1.54, 1.807) is 11.1 Å². The first-order chi connectivity index (χ1) is 13.5. The molecule has 148 valence electrons. The molecule has 1 aromatic carbocycles. The zero-order valence-electron chi connectivity index (χ0n) is 15.8. The molecule has 1 saturated heterocycles. The molecule has 0 bridgehead atoms. The molecule has 4 rings (SSSR count). The minimum absolute atomic E-state index is 0.0332. The van der Waals surface area contributed by atoms with Gasteiger partial charge in [0.2, 0.25) is 0 Å². The molecule has 2 heterocycles. The number of carboxylic acid groups (broad SMARTS) is 1. The van der Waals surface area contributed by atoms with Crippen LogP contribution in [0.5, 0.6) is 0 Å². The Labute approximate surface area is 163 Å². The maximum absolute atomic E-state index is 13.2. The lowest BCUT2D eigenvalue weighted by Gasteiger charge is -2.35. The van der Waals surface area contributed by atoms with E-state index >= 15 is 0 Å². The third kappa shape index (κ3) is 3.30. The van der Waals surface area contributed by atoms with Crippen molar-refractivity contribution in [2.24, 2.45) is 0 Å². The lowest BCUT2D eigenvalue weighted by atomic mass is 9.91. The average molecular weight is 383 g/mol. The van der Waals surface area contributed by atoms with Gasteiger partial charge in [0.05, 0.1) is 23.5 Å². The Morgan fingerprint density at radius 2 is 1.71 bits per heavy atom. The van der Waals surface area contributed by atoms with Crippen molar-refractivity contribution in [1.82, 2.24) is 14.7 Å². The van der Waals surface area contributed by atoms with Crippen LogP contribution in [0.1, 0.15) is 54.9 Å². The first kappa shape index (κ1) is 18.7. The van der Waals surface area contributed by atoms with Crippen molar-refractivity contribution in [3.8, 4) is 11.3 Å². The number of carboxylic acids is 1. The highest BCUT2D eigenvalue weighted by atomic mass is 16.4. The molecule has 28 heavy (non-hydrogen) atoms. The minimum atomic E-state index is -1.74. The monoisotopic (exact) mass is 383 g/mol. The second-order valence-electron chi connectivity index (χ2n) is 7.78. The highest BCUT2D eigenvalue weighted by Gasteiger charge is 2.41. The van der Waals surface area contributed by atoms with Crippen molar-refractivity contribution in [1.29, 1.82) is 0 Å². The topological polar surface area (TPSA) is 95.7 Å². The number of rotatable bonds is 4. The Morgan fingerprint density at radius 3 is 2.32 bits per heavy atom. The van der Waals surface area contributed by atoms with E-state index in [0.29, 0.717) is 11.6 Å². The van der Waals surface area contributed by atoms with E-state index in [9.17, 15) is 19.8 Å². The number of amides is 1. The normalized spacial score (nSPS) is 19.7. The molecule has 0 unspecified atom stereocenters. The van der Waals surface area contributed by atoms with Gasteiger partial charge in [-0.25, -0.2) is 4.79 Å². The number of likely N-dealkylation sites (tertiary alicyclic amines) is 1. The van der Waals surface area contributed by atoms with Crippen LogP contribution in [0.25, 0.3) is 11.3 Å². The van der Waals surface area contributed by atoms with Gasteiger partial charge < -0.3 is 15.1 Å². The van der Waals surface area contributed by atoms with Crippen molar-refractivity contribution in [3.05, 3.63) is 42.1 Å². The molecular formula is C21H25N3O4. The van der Waals surface area contributed by atoms with Crippen LogP contribution in [-0.4, -0.2) is 55.5 Å². The molecular weight excluding hydrogens is 358 g/mol. The minimum Gasteiger partial charge on any atom is -0.479 e. The molecule has 1 amide bonds. The van der Waals surface area contributed by atoms with Gasteiger partial charge in [-0.15, -0.1) is 0 Å². The number of benzene rings is 1. The van der Waals surface area contributed by atoms with Crippen LogP contribution in [0.15, 0.2) is 36.5 Å². The number of carbonyl (C=O) groups excluding carboxylic acids is 1. The number of aromatic nitrogens is 2. The van der Waals surface area contributed by atoms with Crippen LogP contribution in [-0.2, 0) is 4.79 Å². The van der Waals surface area contributed by atoms with Crippen LogP contribution in [0.4, 0.5) is 0 Å². The number of carbonyl (C=O) groups is 2. The summed E-state index contributed by atoms with van der Waals surface area (Å²) in [6.07, 6.45) is 6.16. The van der Waals surface area contributed by atoms with E-state index in [0.717, 1.165) is 24.1 Å². The summed E-state index contributed by atoms with van der Waals surface area (Å²) in [5.74, 6) is -1.38. The first-order valence-corrected chi connectivity index (χ1v) is 9.87. The fraction of sp³-hybridized carbons (Fsp3) is 0.476. The van der Waals surface area contributed by atoms with Crippen LogP contribution < -0.4 is 0 Å². The van der Waals surface area contributed by atoms with E-state index < -0.39 is 11.6 Å². The van der Waals surface area contributed by atoms with Gasteiger partial charge in [-0.05, 0) is 12.8 Å². The van der Waals surface area contributed by atoms with E-state index in [1.165, 1.54) is 12.8 Å². The van der Waals surface area contributed by atoms with Crippen molar-refractivity contribution in [3.63, 3.8) is 0 Å². The Hall–Kier alpha value is -2.67. The van der Waals surface area contributed by atoms with Gasteiger partial charge in [0.1, 0.15) is 0 Å². The Morgan fingerprint density at radius 1 is 1.07 bits per heavy atom. The summed E-state index contributed by atoms with van der Waals surface area (Å²) in [4.78, 5) is 26.1. The summed E-state index contributed by atoms with van der Waals surface area (Å²) in [6.45, 7) is 0.426. The Balaban J connectivity index is 1.64. The number of hydrogen-bond donors (Lipinski definition) is 2. The third-order valence-corrected chi connectivity index (χ3v) is 6.02. The fourth-order valence-electron chi connectivity index (χ4n) is 4.29. The number of piperidine rings is 1. The highest BCUT2D eigenvalue weighted by molar-refractivity contribution is 6.00. The molecule has 2 aromatic rings. The summed E-state index contributed by atoms with van der Waals surface area (Å²) in [7, 11) is 0. The van der Waals surface area contributed by atoms with Crippen molar-refractivity contribution in [2.75, 3.05) is 13.1 Å². The Kier molecular flexibility index (Phi) is 4.93. The molecule has 1 aliphatic carbocycles. The molecule has 0 radical (unpaired) electrons. The maximum Gasteiger partial charge on any atom is 0.335 e. The molecule has 2 aliphatic rings. The van der Waals surface area contributed by atoms with Gasteiger partial charge in [-0.2, -0.15) is 5.10 Å². The Bertz CT molecular complexity index is 863. The fourth-order valence-corrected chi connectivity index (χ4v) is 4.29. The summed E-state index contributed by atoms with van der Waals surface area (Å²) in [5.41, 5.74) is 0.581. The summed E-state index contributed by atoms with van der Waals surface area (Å²) >= 11 is 0. The molecule has 0 atom stereocenters. The largest absolute Gasteiger partial charge is 0.479 e. The van der Waals surface area contributed by atoms with E-state index in [4.69, 9.17) is 0 Å².